The van der Waals surface area contributed by atoms with E-state index in [-0.39, 0.29) is 30.5 Å². The summed E-state index contributed by atoms with van der Waals surface area (Å²) in [4.78, 5) is 77.0. The minimum atomic E-state index is -1.16. The van der Waals surface area contributed by atoms with Crippen molar-refractivity contribution < 1.29 is 33.5 Å². The number of rotatable bonds is 7. The van der Waals surface area contributed by atoms with E-state index in [0.717, 1.165) is 4.90 Å². The van der Waals surface area contributed by atoms with Crippen molar-refractivity contribution in [3.8, 4) is 0 Å². The van der Waals surface area contributed by atoms with Gasteiger partial charge in [-0.05, 0) is 32.6 Å². The molecule has 1 aromatic carbocycles. The lowest BCUT2D eigenvalue weighted by atomic mass is 10.0. The van der Waals surface area contributed by atoms with Crippen molar-refractivity contribution in [2.75, 3.05) is 33.9 Å². The zero-order valence-corrected chi connectivity index (χ0v) is 17.1. The minimum absolute atomic E-state index is 0.00578. The monoisotopic (exact) mass is 430 g/mol. The quantitative estimate of drug-likeness (QED) is 0.429. The molecule has 2 heterocycles. The molecule has 2 aliphatic rings. The first kappa shape index (κ1) is 22.1. The number of nitrogens with zero attached hydrogens (tertiary/aromatic N) is 3. The molecule has 0 bridgehead atoms. The van der Waals surface area contributed by atoms with Crippen LogP contribution in [0.3, 0.4) is 0 Å². The first-order chi connectivity index (χ1) is 14.7. The summed E-state index contributed by atoms with van der Waals surface area (Å²) < 4.78 is 4.93. The summed E-state index contributed by atoms with van der Waals surface area (Å²) in [7, 11) is 3.38. The second-order valence-corrected chi connectivity index (χ2v) is 7.40. The average molecular weight is 430 g/mol. The smallest absolute Gasteiger partial charge is 0.327 e. The second kappa shape index (κ2) is 9.04. The first-order valence-corrected chi connectivity index (χ1v) is 9.59. The number of ether oxygens (including phenoxy) is 1. The third-order valence-corrected chi connectivity index (χ3v) is 4.87. The van der Waals surface area contributed by atoms with Crippen LogP contribution >= 0.6 is 0 Å². The summed E-state index contributed by atoms with van der Waals surface area (Å²) in [5, 5.41) is 2.36. The van der Waals surface area contributed by atoms with Gasteiger partial charge in [-0.3, -0.25) is 33.7 Å². The number of fused-ring (bicyclic) bond motifs is 1. The van der Waals surface area contributed by atoms with Crippen molar-refractivity contribution in [2.45, 2.75) is 18.9 Å². The molecule has 11 nitrogen and oxygen atoms in total. The maximum atomic E-state index is 12.9. The first-order valence-electron chi connectivity index (χ1n) is 9.59. The van der Waals surface area contributed by atoms with Gasteiger partial charge in [-0.25, -0.2) is 4.90 Å². The van der Waals surface area contributed by atoms with Gasteiger partial charge in [-0.2, -0.15) is 0 Å². The van der Waals surface area contributed by atoms with Gasteiger partial charge in [0.1, 0.15) is 12.6 Å². The van der Waals surface area contributed by atoms with Gasteiger partial charge in [0.25, 0.3) is 17.7 Å². The van der Waals surface area contributed by atoms with Crippen molar-refractivity contribution in [3.63, 3.8) is 0 Å². The Balaban J connectivity index is 1.62. The van der Waals surface area contributed by atoms with Gasteiger partial charge in [-0.15, -0.1) is 0 Å². The molecule has 2 aliphatic heterocycles. The van der Waals surface area contributed by atoms with Crippen LogP contribution in [0.2, 0.25) is 0 Å². The van der Waals surface area contributed by atoms with Gasteiger partial charge in [0.15, 0.2) is 6.73 Å². The lowest BCUT2D eigenvalue weighted by molar-refractivity contribution is -0.163. The number of imide groups is 2. The number of benzene rings is 1. The third-order valence-electron chi connectivity index (χ3n) is 4.87. The van der Waals surface area contributed by atoms with Gasteiger partial charge in [0, 0.05) is 6.42 Å². The fourth-order valence-corrected chi connectivity index (χ4v) is 3.39. The number of amides is 5. The highest BCUT2D eigenvalue weighted by Crippen LogP contribution is 2.28. The van der Waals surface area contributed by atoms with Crippen molar-refractivity contribution >= 4 is 35.5 Å². The summed E-state index contributed by atoms with van der Waals surface area (Å²) in [5.41, 5.74) is 0.396. The molecule has 0 saturated carbocycles. The van der Waals surface area contributed by atoms with Gasteiger partial charge in [0.2, 0.25) is 11.8 Å². The SMILES string of the molecule is CN(C)CC(=O)NCC(=O)OCN1C(=O)CCC(N2C(=O)c3ccccc3C2=O)C1=O. The van der Waals surface area contributed by atoms with Crippen LogP contribution in [0.5, 0.6) is 0 Å². The van der Waals surface area contributed by atoms with Crippen LogP contribution in [0.4, 0.5) is 0 Å². The maximum absolute atomic E-state index is 12.9. The van der Waals surface area contributed by atoms with E-state index in [2.05, 4.69) is 5.32 Å². The zero-order valence-electron chi connectivity index (χ0n) is 17.1. The largest absolute Gasteiger partial charge is 0.442 e. The summed E-state index contributed by atoms with van der Waals surface area (Å²) >= 11 is 0. The van der Waals surface area contributed by atoms with Gasteiger partial charge >= 0.3 is 5.97 Å². The predicted octanol–water partition coefficient (Wildman–Crippen LogP) is -1.02. The molecule has 1 saturated heterocycles. The number of hydrogen-bond acceptors (Lipinski definition) is 8. The zero-order chi connectivity index (χ0) is 22.7. The highest BCUT2D eigenvalue weighted by atomic mass is 16.5. The van der Waals surface area contributed by atoms with Crippen LogP contribution < -0.4 is 5.32 Å². The van der Waals surface area contributed by atoms with Crippen LogP contribution in [0.1, 0.15) is 33.6 Å². The summed E-state index contributed by atoms with van der Waals surface area (Å²) in [5.74, 6) is -3.81. The Morgan fingerprint density at radius 1 is 1.10 bits per heavy atom. The Bertz CT molecular complexity index is 924. The molecule has 1 fully saturated rings. The molecule has 3 rings (SSSR count). The fraction of sp³-hybridized carbons (Fsp3) is 0.400. The average Bonchev–Trinajstić information content (AvgIpc) is 2.97. The van der Waals surface area contributed by atoms with Crippen molar-refractivity contribution in [1.82, 2.24) is 20.0 Å². The molecule has 1 N–H and O–H groups in total. The number of likely N-dealkylation sites (N-methyl/N-ethyl adjacent to an activating group) is 1. The third kappa shape index (κ3) is 4.61. The van der Waals surface area contributed by atoms with E-state index in [9.17, 15) is 28.8 Å². The normalized spacial score (nSPS) is 18.5. The number of carbonyl (C=O) groups is 6. The van der Waals surface area contributed by atoms with E-state index in [1.54, 1.807) is 31.1 Å². The van der Waals surface area contributed by atoms with Crippen LogP contribution in [0.15, 0.2) is 24.3 Å². The van der Waals surface area contributed by atoms with E-state index in [0.29, 0.717) is 4.90 Å². The van der Waals surface area contributed by atoms with E-state index in [1.807, 2.05) is 0 Å². The van der Waals surface area contributed by atoms with Crippen LogP contribution in [0.25, 0.3) is 0 Å². The number of esters is 1. The number of hydrogen-bond donors (Lipinski definition) is 1. The second-order valence-electron chi connectivity index (χ2n) is 7.40. The highest BCUT2D eigenvalue weighted by molar-refractivity contribution is 6.23. The van der Waals surface area contributed by atoms with Crippen LogP contribution in [0, 0.1) is 0 Å². The molecule has 5 amide bonds. The molecule has 1 unspecified atom stereocenters. The lowest BCUT2D eigenvalue weighted by Gasteiger charge is -2.33. The van der Waals surface area contributed by atoms with E-state index >= 15 is 0 Å². The summed E-state index contributed by atoms with van der Waals surface area (Å²) in [6.45, 7) is -1.01. The lowest BCUT2D eigenvalue weighted by Crippen LogP contribution is -2.56. The number of likely N-dealkylation sites (tertiary alicyclic amines) is 1. The Morgan fingerprint density at radius 3 is 2.29 bits per heavy atom. The summed E-state index contributed by atoms with van der Waals surface area (Å²) in [6, 6.07) is 5.06. The number of nitrogens with one attached hydrogen (secondary N) is 1. The molecule has 0 aliphatic carbocycles. The van der Waals surface area contributed by atoms with Crippen molar-refractivity contribution in [2.24, 2.45) is 0 Å². The molecule has 31 heavy (non-hydrogen) atoms. The summed E-state index contributed by atoms with van der Waals surface area (Å²) in [6.07, 6.45) is -0.102. The topological polar surface area (TPSA) is 133 Å². The molecular weight excluding hydrogens is 408 g/mol. The Morgan fingerprint density at radius 2 is 1.71 bits per heavy atom. The van der Waals surface area contributed by atoms with E-state index in [4.69, 9.17) is 4.74 Å². The standard InChI is InChI=1S/C20H22N4O7/c1-22(2)10-15(25)21-9-17(27)31-11-23-16(26)8-7-14(20(23)30)24-18(28)12-5-3-4-6-13(12)19(24)29/h3-6,14H,7-11H2,1-2H3,(H,21,25). The Labute approximate surface area is 177 Å². The number of piperidine rings is 1. The van der Waals surface area contributed by atoms with Gasteiger partial charge in [0.05, 0.1) is 17.7 Å². The molecule has 0 aromatic heterocycles. The molecule has 0 spiro atoms. The molecule has 1 atom stereocenters. The molecule has 0 radical (unpaired) electrons. The Hall–Kier alpha value is -3.60. The van der Waals surface area contributed by atoms with Gasteiger partial charge in [-0.1, -0.05) is 12.1 Å². The van der Waals surface area contributed by atoms with Crippen LogP contribution in [-0.4, -0.2) is 90.2 Å². The number of carbonyl (C=O) groups excluding carboxylic acids is 6. The predicted molar refractivity (Wildman–Crippen MR) is 104 cm³/mol. The maximum Gasteiger partial charge on any atom is 0.327 e. The van der Waals surface area contributed by atoms with E-state index < -0.39 is 54.8 Å². The van der Waals surface area contributed by atoms with E-state index in [1.165, 1.54) is 12.1 Å². The highest BCUT2D eigenvalue weighted by Gasteiger charge is 2.47. The minimum Gasteiger partial charge on any atom is -0.442 e. The Kier molecular flexibility index (Phi) is 6.44. The molecule has 11 heteroatoms. The molecule has 164 valence electrons. The van der Waals surface area contributed by atoms with Crippen LogP contribution in [-0.2, 0) is 23.9 Å². The fourth-order valence-electron chi connectivity index (χ4n) is 3.39. The van der Waals surface area contributed by atoms with Crippen molar-refractivity contribution in [3.05, 3.63) is 35.4 Å². The van der Waals surface area contributed by atoms with Gasteiger partial charge < -0.3 is 15.0 Å². The van der Waals surface area contributed by atoms with Crippen molar-refractivity contribution in [1.29, 1.82) is 0 Å². The molecular formula is C20H22N4O7. The molecule has 1 aromatic rings.